The Morgan fingerprint density at radius 3 is 2.88 bits per heavy atom. The molecule has 2 fully saturated rings. The van der Waals surface area contributed by atoms with Gasteiger partial charge in [0.2, 0.25) is 0 Å². The molecule has 1 unspecified atom stereocenters. The largest absolute Gasteiger partial charge is 0.481 e. The number of nitrogens with zero attached hydrogens (tertiary/aromatic N) is 2. The Kier molecular flexibility index (Phi) is 4.18. The second-order valence-corrected chi connectivity index (χ2v) is 4.98. The van der Waals surface area contributed by atoms with Crippen LogP contribution >= 0.6 is 0 Å². The molecule has 0 aromatic rings. The molecule has 0 aromatic heterocycles. The molecule has 0 amide bonds. The fourth-order valence-corrected chi connectivity index (χ4v) is 2.94. The van der Waals surface area contributed by atoms with Gasteiger partial charge in [0.05, 0.1) is 0 Å². The van der Waals surface area contributed by atoms with E-state index in [1.807, 2.05) is 0 Å². The van der Waals surface area contributed by atoms with E-state index in [0.717, 1.165) is 32.1 Å². The minimum atomic E-state index is -0.669. The lowest BCUT2D eigenvalue weighted by Gasteiger charge is -2.25. The van der Waals surface area contributed by atoms with Crippen LogP contribution in [0.2, 0.25) is 0 Å². The van der Waals surface area contributed by atoms with Crippen LogP contribution in [0.3, 0.4) is 0 Å². The molecule has 1 atom stereocenters. The highest BCUT2D eigenvalue weighted by Crippen LogP contribution is 2.21. The highest BCUT2D eigenvalue weighted by Gasteiger charge is 2.28. The summed E-state index contributed by atoms with van der Waals surface area (Å²) in [6.07, 6.45) is 5.01. The van der Waals surface area contributed by atoms with Gasteiger partial charge in [0.15, 0.2) is 0 Å². The molecule has 0 aromatic carbocycles. The third kappa shape index (κ3) is 3.19. The van der Waals surface area contributed by atoms with Crippen molar-refractivity contribution in [2.24, 2.45) is 0 Å². The summed E-state index contributed by atoms with van der Waals surface area (Å²) in [4.78, 5) is 15.5. The Bertz CT molecular complexity index is 245. The molecule has 0 saturated carbocycles. The number of rotatable bonds is 4. The highest BCUT2D eigenvalue weighted by atomic mass is 16.4. The quantitative estimate of drug-likeness (QED) is 0.777. The molecule has 4 nitrogen and oxygen atoms in total. The normalized spacial score (nSPS) is 27.6. The summed E-state index contributed by atoms with van der Waals surface area (Å²) in [6, 6.07) is 0.743. The van der Waals surface area contributed by atoms with Crippen LogP contribution in [0.5, 0.6) is 0 Å². The summed E-state index contributed by atoms with van der Waals surface area (Å²) in [5.74, 6) is -0.669. The summed E-state index contributed by atoms with van der Waals surface area (Å²) in [5, 5.41) is 8.62. The summed E-state index contributed by atoms with van der Waals surface area (Å²) >= 11 is 0. The number of carboxylic acid groups (broad SMARTS) is 1. The van der Waals surface area contributed by atoms with Crippen molar-refractivity contribution in [3.8, 4) is 0 Å². The number of hydrogen-bond donors (Lipinski definition) is 1. The van der Waals surface area contributed by atoms with E-state index >= 15 is 0 Å². The smallest absolute Gasteiger partial charge is 0.303 e. The van der Waals surface area contributed by atoms with Crippen LogP contribution in [0.25, 0.3) is 0 Å². The first-order valence-corrected chi connectivity index (χ1v) is 6.44. The standard InChI is InChI=1S/C12H22N2O2/c15-12(16)5-2-6-13-7-3-9-14-8-1-4-11(14)10-13/h11H,1-10H2,(H,15,16). The van der Waals surface area contributed by atoms with Crippen LogP contribution in [0.15, 0.2) is 0 Å². The molecule has 2 heterocycles. The number of hydrogen-bond acceptors (Lipinski definition) is 3. The Morgan fingerprint density at radius 2 is 2.06 bits per heavy atom. The highest BCUT2D eigenvalue weighted by molar-refractivity contribution is 5.66. The van der Waals surface area contributed by atoms with Crippen LogP contribution in [0.4, 0.5) is 0 Å². The SMILES string of the molecule is O=C(O)CCCN1CCCN2CCCC2C1. The molecule has 0 aliphatic carbocycles. The third-order valence-electron chi connectivity index (χ3n) is 3.75. The van der Waals surface area contributed by atoms with Gasteiger partial charge in [-0.1, -0.05) is 0 Å². The number of fused-ring (bicyclic) bond motifs is 1. The molecular formula is C12H22N2O2. The van der Waals surface area contributed by atoms with Gasteiger partial charge >= 0.3 is 5.97 Å². The Hall–Kier alpha value is -0.610. The van der Waals surface area contributed by atoms with Crippen molar-refractivity contribution >= 4 is 5.97 Å². The Balaban J connectivity index is 1.75. The summed E-state index contributed by atoms with van der Waals surface area (Å²) in [6.45, 7) is 5.76. The molecule has 92 valence electrons. The van der Waals surface area contributed by atoms with Crippen LogP contribution in [0, 0.1) is 0 Å². The van der Waals surface area contributed by atoms with Gasteiger partial charge in [0, 0.05) is 19.0 Å². The first-order chi connectivity index (χ1) is 7.75. The maximum absolute atomic E-state index is 10.5. The molecule has 1 N–H and O–H groups in total. The second-order valence-electron chi connectivity index (χ2n) is 4.98. The Labute approximate surface area is 97.2 Å². The average molecular weight is 226 g/mol. The van der Waals surface area contributed by atoms with Crippen molar-refractivity contribution < 1.29 is 9.90 Å². The molecule has 2 aliphatic heterocycles. The predicted octanol–water partition coefficient (Wildman–Crippen LogP) is 1.02. The van der Waals surface area contributed by atoms with Gasteiger partial charge in [-0.05, 0) is 51.9 Å². The van der Waals surface area contributed by atoms with E-state index < -0.39 is 5.97 Å². The molecule has 0 bridgehead atoms. The maximum atomic E-state index is 10.5. The zero-order valence-electron chi connectivity index (χ0n) is 9.90. The van der Waals surface area contributed by atoms with Crippen LogP contribution in [0.1, 0.15) is 32.1 Å². The van der Waals surface area contributed by atoms with Crippen molar-refractivity contribution in [1.82, 2.24) is 9.80 Å². The van der Waals surface area contributed by atoms with Crippen molar-refractivity contribution in [1.29, 1.82) is 0 Å². The van der Waals surface area contributed by atoms with E-state index in [-0.39, 0.29) is 0 Å². The average Bonchev–Trinajstić information content (AvgIpc) is 2.57. The van der Waals surface area contributed by atoms with E-state index in [1.54, 1.807) is 0 Å². The van der Waals surface area contributed by atoms with Crippen molar-refractivity contribution in [3.05, 3.63) is 0 Å². The van der Waals surface area contributed by atoms with E-state index in [0.29, 0.717) is 6.42 Å². The number of carboxylic acids is 1. The number of aliphatic carboxylic acids is 1. The molecule has 4 heteroatoms. The zero-order valence-corrected chi connectivity index (χ0v) is 9.90. The monoisotopic (exact) mass is 226 g/mol. The van der Waals surface area contributed by atoms with Crippen molar-refractivity contribution in [2.75, 3.05) is 32.7 Å². The van der Waals surface area contributed by atoms with E-state index in [1.165, 1.54) is 32.4 Å². The fraction of sp³-hybridized carbons (Fsp3) is 0.917. The van der Waals surface area contributed by atoms with E-state index in [4.69, 9.17) is 5.11 Å². The second kappa shape index (κ2) is 5.64. The third-order valence-corrected chi connectivity index (χ3v) is 3.75. The van der Waals surface area contributed by atoms with Crippen LogP contribution < -0.4 is 0 Å². The molecule has 2 rings (SSSR count). The fourth-order valence-electron chi connectivity index (χ4n) is 2.94. The topological polar surface area (TPSA) is 43.8 Å². The first-order valence-electron chi connectivity index (χ1n) is 6.44. The predicted molar refractivity (Wildman–Crippen MR) is 62.5 cm³/mol. The van der Waals surface area contributed by atoms with Gasteiger partial charge in [0.25, 0.3) is 0 Å². The van der Waals surface area contributed by atoms with Gasteiger partial charge < -0.3 is 10.0 Å². The van der Waals surface area contributed by atoms with Crippen molar-refractivity contribution in [3.63, 3.8) is 0 Å². The Morgan fingerprint density at radius 1 is 1.25 bits per heavy atom. The van der Waals surface area contributed by atoms with Crippen LogP contribution in [-0.4, -0.2) is 59.6 Å². The van der Waals surface area contributed by atoms with Gasteiger partial charge in [-0.3, -0.25) is 9.69 Å². The molecule has 2 saturated heterocycles. The van der Waals surface area contributed by atoms with Gasteiger partial charge in [-0.25, -0.2) is 0 Å². The summed E-state index contributed by atoms with van der Waals surface area (Å²) in [5.41, 5.74) is 0. The van der Waals surface area contributed by atoms with Gasteiger partial charge in [-0.15, -0.1) is 0 Å². The van der Waals surface area contributed by atoms with Gasteiger partial charge in [-0.2, -0.15) is 0 Å². The molecule has 0 spiro atoms. The lowest BCUT2D eigenvalue weighted by atomic mass is 10.2. The molecule has 16 heavy (non-hydrogen) atoms. The molecule has 0 radical (unpaired) electrons. The van der Waals surface area contributed by atoms with Crippen LogP contribution in [-0.2, 0) is 4.79 Å². The molecule has 2 aliphatic rings. The minimum absolute atomic E-state index is 0.310. The lowest BCUT2D eigenvalue weighted by Crippen LogP contribution is -2.37. The minimum Gasteiger partial charge on any atom is -0.481 e. The zero-order chi connectivity index (χ0) is 11.4. The van der Waals surface area contributed by atoms with Gasteiger partial charge in [0.1, 0.15) is 0 Å². The van der Waals surface area contributed by atoms with Crippen molar-refractivity contribution in [2.45, 2.75) is 38.1 Å². The lowest BCUT2D eigenvalue weighted by molar-refractivity contribution is -0.137. The summed E-state index contributed by atoms with van der Waals surface area (Å²) < 4.78 is 0. The van der Waals surface area contributed by atoms with E-state index in [9.17, 15) is 4.79 Å². The maximum Gasteiger partial charge on any atom is 0.303 e. The molecular weight excluding hydrogens is 204 g/mol. The first kappa shape index (κ1) is 11.9. The summed E-state index contributed by atoms with van der Waals surface area (Å²) in [7, 11) is 0. The van der Waals surface area contributed by atoms with E-state index in [2.05, 4.69) is 9.80 Å². The number of carbonyl (C=O) groups is 1.